The Bertz CT molecular complexity index is 119. The van der Waals surface area contributed by atoms with Crippen molar-refractivity contribution in [1.82, 2.24) is 4.90 Å². The molecule has 1 fully saturated rings. The molecule has 2 nitrogen and oxygen atoms in total. The third-order valence-electron chi connectivity index (χ3n) is 2.79. The molecule has 0 saturated carbocycles. The molecule has 0 aromatic rings. The second-order valence-corrected chi connectivity index (χ2v) is 4.13. The number of hydrogen-bond donors (Lipinski definition) is 0. The van der Waals surface area contributed by atoms with E-state index in [4.69, 9.17) is 4.74 Å². The van der Waals surface area contributed by atoms with Crippen molar-refractivity contribution < 1.29 is 4.74 Å². The van der Waals surface area contributed by atoms with Gasteiger partial charge in [0.05, 0.1) is 13.2 Å². The van der Waals surface area contributed by atoms with E-state index in [1.807, 2.05) is 13.8 Å². The molecular formula is C12H27NO. The summed E-state index contributed by atoms with van der Waals surface area (Å²) in [5, 5.41) is 0. The lowest BCUT2D eigenvalue weighted by molar-refractivity contribution is 0.0287. The van der Waals surface area contributed by atoms with Gasteiger partial charge >= 0.3 is 0 Å². The Kier molecular flexibility index (Phi) is 8.20. The minimum atomic E-state index is 0.799. The number of morpholine rings is 1. The summed E-state index contributed by atoms with van der Waals surface area (Å²) in [6.07, 6.45) is 0. The molecule has 1 aliphatic heterocycles. The van der Waals surface area contributed by atoms with E-state index in [2.05, 4.69) is 25.7 Å². The van der Waals surface area contributed by atoms with Crippen LogP contribution in [0.15, 0.2) is 0 Å². The van der Waals surface area contributed by atoms with Gasteiger partial charge in [0.2, 0.25) is 0 Å². The molecule has 0 aromatic carbocycles. The molecule has 0 aliphatic carbocycles. The molecule has 0 amide bonds. The first-order valence-electron chi connectivity index (χ1n) is 6.00. The van der Waals surface area contributed by atoms with Crippen LogP contribution in [-0.2, 0) is 4.74 Å². The van der Waals surface area contributed by atoms with Crippen LogP contribution in [0.3, 0.4) is 0 Å². The number of nitrogens with zero attached hydrogens (tertiary/aromatic N) is 1. The Labute approximate surface area is 89.6 Å². The molecule has 0 radical (unpaired) electrons. The summed E-state index contributed by atoms with van der Waals surface area (Å²) in [5.41, 5.74) is 0. The maximum absolute atomic E-state index is 5.30. The standard InChI is InChI=1S/C10H21NO.C2H6/c1-9(2)10(3)8-11-4-6-12-7-5-11;1-2/h9-10H,4-8H2,1-3H3;1-2H3. The van der Waals surface area contributed by atoms with Gasteiger partial charge in [-0.3, -0.25) is 4.90 Å². The Hall–Kier alpha value is -0.0800. The van der Waals surface area contributed by atoms with Crippen molar-refractivity contribution in [3.8, 4) is 0 Å². The fourth-order valence-electron chi connectivity index (χ4n) is 1.40. The van der Waals surface area contributed by atoms with Crippen LogP contribution in [0, 0.1) is 11.8 Å². The molecule has 0 aromatic heterocycles. The molecule has 0 spiro atoms. The van der Waals surface area contributed by atoms with Gasteiger partial charge in [0.1, 0.15) is 0 Å². The summed E-state index contributed by atoms with van der Waals surface area (Å²) < 4.78 is 5.30. The van der Waals surface area contributed by atoms with Crippen LogP contribution >= 0.6 is 0 Å². The molecule has 0 N–H and O–H groups in total. The van der Waals surface area contributed by atoms with E-state index in [9.17, 15) is 0 Å². The second-order valence-electron chi connectivity index (χ2n) is 4.13. The molecule has 1 rings (SSSR count). The van der Waals surface area contributed by atoms with Gasteiger partial charge in [0.25, 0.3) is 0 Å². The van der Waals surface area contributed by atoms with Gasteiger partial charge in [0, 0.05) is 19.6 Å². The minimum Gasteiger partial charge on any atom is -0.379 e. The van der Waals surface area contributed by atoms with Crippen LogP contribution in [0.5, 0.6) is 0 Å². The lowest BCUT2D eigenvalue weighted by Gasteiger charge is -2.30. The van der Waals surface area contributed by atoms with E-state index >= 15 is 0 Å². The van der Waals surface area contributed by atoms with E-state index in [0.717, 1.165) is 38.1 Å². The van der Waals surface area contributed by atoms with Crippen molar-refractivity contribution in [3.63, 3.8) is 0 Å². The smallest absolute Gasteiger partial charge is 0.0594 e. The van der Waals surface area contributed by atoms with E-state index in [-0.39, 0.29) is 0 Å². The van der Waals surface area contributed by atoms with Crippen LogP contribution < -0.4 is 0 Å². The maximum Gasteiger partial charge on any atom is 0.0594 e. The van der Waals surface area contributed by atoms with Gasteiger partial charge in [-0.25, -0.2) is 0 Å². The number of rotatable bonds is 3. The highest BCUT2D eigenvalue weighted by Gasteiger charge is 2.15. The molecule has 0 bridgehead atoms. The summed E-state index contributed by atoms with van der Waals surface area (Å²) in [7, 11) is 0. The monoisotopic (exact) mass is 201 g/mol. The molecule has 14 heavy (non-hydrogen) atoms. The number of hydrogen-bond acceptors (Lipinski definition) is 2. The Morgan fingerprint density at radius 1 is 1.07 bits per heavy atom. The highest BCUT2D eigenvalue weighted by molar-refractivity contribution is 4.67. The maximum atomic E-state index is 5.30. The SMILES string of the molecule is CC.CC(C)C(C)CN1CCOCC1. The van der Waals surface area contributed by atoms with Crippen LogP contribution in [0.25, 0.3) is 0 Å². The zero-order chi connectivity index (χ0) is 11.0. The first-order valence-corrected chi connectivity index (χ1v) is 6.00. The summed E-state index contributed by atoms with van der Waals surface area (Å²) >= 11 is 0. The average Bonchev–Trinajstić information content (AvgIpc) is 2.22. The quantitative estimate of drug-likeness (QED) is 0.696. The summed E-state index contributed by atoms with van der Waals surface area (Å²) in [6.45, 7) is 16.3. The van der Waals surface area contributed by atoms with Crippen LogP contribution in [0.4, 0.5) is 0 Å². The van der Waals surface area contributed by atoms with Crippen LogP contribution in [0.1, 0.15) is 34.6 Å². The Morgan fingerprint density at radius 3 is 2.00 bits per heavy atom. The van der Waals surface area contributed by atoms with Gasteiger partial charge in [0.15, 0.2) is 0 Å². The molecule has 2 heteroatoms. The Balaban J connectivity index is 0.000000791. The minimum absolute atomic E-state index is 0.799. The largest absolute Gasteiger partial charge is 0.379 e. The van der Waals surface area contributed by atoms with E-state index in [1.165, 1.54) is 6.54 Å². The summed E-state index contributed by atoms with van der Waals surface area (Å²) in [6, 6.07) is 0. The number of ether oxygens (including phenoxy) is 1. The van der Waals surface area contributed by atoms with E-state index in [1.54, 1.807) is 0 Å². The average molecular weight is 201 g/mol. The van der Waals surface area contributed by atoms with Gasteiger partial charge in [-0.05, 0) is 11.8 Å². The van der Waals surface area contributed by atoms with Crippen molar-refractivity contribution >= 4 is 0 Å². The zero-order valence-corrected chi connectivity index (χ0v) is 10.5. The lowest BCUT2D eigenvalue weighted by atomic mass is 9.97. The van der Waals surface area contributed by atoms with Crippen LogP contribution in [0.2, 0.25) is 0 Å². The highest BCUT2D eigenvalue weighted by Crippen LogP contribution is 2.12. The van der Waals surface area contributed by atoms with Gasteiger partial charge in [-0.15, -0.1) is 0 Å². The fraction of sp³-hybridized carbons (Fsp3) is 1.00. The van der Waals surface area contributed by atoms with Crippen molar-refractivity contribution in [3.05, 3.63) is 0 Å². The topological polar surface area (TPSA) is 12.5 Å². The first kappa shape index (κ1) is 13.9. The van der Waals surface area contributed by atoms with Gasteiger partial charge in [-0.2, -0.15) is 0 Å². The van der Waals surface area contributed by atoms with Crippen molar-refractivity contribution in [2.45, 2.75) is 34.6 Å². The van der Waals surface area contributed by atoms with Gasteiger partial charge in [-0.1, -0.05) is 34.6 Å². The predicted molar refractivity (Wildman–Crippen MR) is 62.6 cm³/mol. The first-order chi connectivity index (χ1) is 6.70. The molecule has 1 saturated heterocycles. The fourth-order valence-corrected chi connectivity index (χ4v) is 1.40. The molecule has 1 unspecified atom stereocenters. The van der Waals surface area contributed by atoms with Crippen LogP contribution in [-0.4, -0.2) is 37.7 Å². The third kappa shape index (κ3) is 5.61. The molecule has 1 aliphatic rings. The summed E-state index contributed by atoms with van der Waals surface area (Å²) in [5.74, 6) is 1.61. The normalized spacial score (nSPS) is 20.1. The van der Waals surface area contributed by atoms with E-state index < -0.39 is 0 Å². The molecule has 86 valence electrons. The zero-order valence-electron chi connectivity index (χ0n) is 10.5. The Morgan fingerprint density at radius 2 is 1.57 bits per heavy atom. The second kappa shape index (κ2) is 8.25. The van der Waals surface area contributed by atoms with E-state index in [0.29, 0.717) is 0 Å². The lowest BCUT2D eigenvalue weighted by Crippen LogP contribution is -2.39. The summed E-state index contributed by atoms with van der Waals surface area (Å²) in [4.78, 5) is 2.51. The van der Waals surface area contributed by atoms with Crippen molar-refractivity contribution in [1.29, 1.82) is 0 Å². The predicted octanol–water partition coefficient (Wildman–Crippen LogP) is 2.64. The molecular weight excluding hydrogens is 174 g/mol. The van der Waals surface area contributed by atoms with Gasteiger partial charge < -0.3 is 4.74 Å². The molecule has 1 heterocycles. The highest BCUT2D eigenvalue weighted by atomic mass is 16.5. The van der Waals surface area contributed by atoms with Crippen molar-refractivity contribution in [2.24, 2.45) is 11.8 Å². The molecule has 1 atom stereocenters. The third-order valence-corrected chi connectivity index (χ3v) is 2.79. The van der Waals surface area contributed by atoms with Crippen molar-refractivity contribution in [2.75, 3.05) is 32.8 Å².